The Hall–Kier alpha value is -2.41. The first-order chi connectivity index (χ1) is 13.2. The number of piperazine rings is 1. The summed E-state index contributed by atoms with van der Waals surface area (Å²) in [5.41, 5.74) is 0.780. The lowest BCUT2D eigenvalue weighted by molar-refractivity contribution is -0.917. The minimum atomic E-state index is -4.50. The van der Waals surface area contributed by atoms with Crippen molar-refractivity contribution in [1.82, 2.24) is 4.31 Å². The third-order valence-electron chi connectivity index (χ3n) is 4.79. The highest BCUT2D eigenvalue weighted by Crippen LogP contribution is 2.30. The van der Waals surface area contributed by atoms with Crippen molar-refractivity contribution in [2.45, 2.75) is 17.6 Å². The van der Waals surface area contributed by atoms with Crippen LogP contribution < -0.4 is 4.90 Å². The van der Waals surface area contributed by atoms with Crippen LogP contribution in [-0.4, -0.2) is 38.9 Å². The molecular formula is C19H19F3N3O2S+. The molecule has 2 aromatic rings. The number of halogens is 3. The lowest BCUT2D eigenvalue weighted by Crippen LogP contribution is -3.13. The van der Waals surface area contributed by atoms with Crippen molar-refractivity contribution in [3.05, 3.63) is 65.2 Å². The molecule has 9 heteroatoms. The highest BCUT2D eigenvalue weighted by Gasteiger charge is 2.33. The van der Waals surface area contributed by atoms with E-state index in [0.717, 1.165) is 36.4 Å². The third kappa shape index (κ3) is 4.52. The average Bonchev–Trinajstić information content (AvgIpc) is 2.68. The van der Waals surface area contributed by atoms with Crippen molar-refractivity contribution < 1.29 is 26.5 Å². The predicted octanol–water partition coefficient (Wildman–Crippen LogP) is 1.67. The third-order valence-corrected chi connectivity index (χ3v) is 6.70. The Labute approximate surface area is 161 Å². The van der Waals surface area contributed by atoms with Gasteiger partial charge in [0, 0.05) is 5.56 Å². The number of nitriles is 1. The van der Waals surface area contributed by atoms with Gasteiger partial charge in [-0.05, 0) is 36.4 Å². The molecule has 1 saturated heterocycles. The summed E-state index contributed by atoms with van der Waals surface area (Å²) in [5.74, 6) is 0. The molecule has 2 aromatic carbocycles. The van der Waals surface area contributed by atoms with E-state index in [9.17, 15) is 21.6 Å². The SMILES string of the molecule is N#Cc1ccc(C[NH+]2CCN(S(=O)(=O)c3ccc(C(F)(F)F)cc3)CC2)cc1. The van der Waals surface area contributed by atoms with E-state index in [-0.39, 0.29) is 4.90 Å². The summed E-state index contributed by atoms with van der Waals surface area (Å²) in [4.78, 5) is 1.08. The van der Waals surface area contributed by atoms with Crippen molar-refractivity contribution in [3.8, 4) is 6.07 Å². The second-order valence-electron chi connectivity index (χ2n) is 6.66. The number of benzene rings is 2. The molecule has 0 spiro atoms. The Morgan fingerprint density at radius 1 is 1.00 bits per heavy atom. The van der Waals surface area contributed by atoms with Crippen LogP contribution in [0.5, 0.6) is 0 Å². The smallest absolute Gasteiger partial charge is 0.329 e. The Bertz CT molecular complexity index is 957. The Morgan fingerprint density at radius 3 is 2.07 bits per heavy atom. The molecule has 1 N–H and O–H groups in total. The second kappa shape index (κ2) is 7.91. The van der Waals surface area contributed by atoms with Gasteiger partial charge in [-0.2, -0.15) is 22.7 Å². The van der Waals surface area contributed by atoms with E-state index in [1.807, 2.05) is 12.1 Å². The van der Waals surface area contributed by atoms with Gasteiger partial charge < -0.3 is 4.90 Å². The molecule has 0 radical (unpaired) electrons. The van der Waals surface area contributed by atoms with Gasteiger partial charge in [0.25, 0.3) is 0 Å². The lowest BCUT2D eigenvalue weighted by atomic mass is 10.1. The zero-order valence-electron chi connectivity index (χ0n) is 14.9. The molecule has 0 aliphatic carbocycles. The molecule has 5 nitrogen and oxygen atoms in total. The van der Waals surface area contributed by atoms with Gasteiger partial charge in [-0.15, -0.1) is 0 Å². The molecule has 1 heterocycles. The van der Waals surface area contributed by atoms with Gasteiger partial charge >= 0.3 is 6.18 Å². The Balaban J connectivity index is 1.62. The minimum absolute atomic E-state index is 0.129. The maximum Gasteiger partial charge on any atom is 0.416 e. The van der Waals surface area contributed by atoms with Gasteiger partial charge in [0.1, 0.15) is 6.54 Å². The number of hydrogen-bond donors (Lipinski definition) is 1. The standard InChI is InChI=1S/C19H18F3N3O2S/c20-19(21,22)17-5-7-18(8-6-17)28(26,27)25-11-9-24(10-12-25)14-16-3-1-15(13-23)2-4-16/h1-8H,9-12,14H2/p+1. The van der Waals surface area contributed by atoms with Gasteiger partial charge in [-0.25, -0.2) is 8.42 Å². The van der Waals surface area contributed by atoms with Gasteiger partial charge in [0.05, 0.1) is 48.3 Å². The summed E-state index contributed by atoms with van der Waals surface area (Å²) in [5, 5.41) is 8.83. The van der Waals surface area contributed by atoms with Crippen molar-refractivity contribution >= 4 is 10.0 Å². The van der Waals surface area contributed by atoms with Crippen LogP contribution in [0.2, 0.25) is 0 Å². The largest absolute Gasteiger partial charge is 0.416 e. The molecule has 0 unspecified atom stereocenters. The number of rotatable bonds is 4. The minimum Gasteiger partial charge on any atom is -0.329 e. The van der Waals surface area contributed by atoms with Crippen LogP contribution in [0, 0.1) is 11.3 Å². The van der Waals surface area contributed by atoms with Crippen LogP contribution in [0.4, 0.5) is 13.2 Å². The Kier molecular flexibility index (Phi) is 5.74. The molecule has 1 aliphatic rings. The quantitative estimate of drug-likeness (QED) is 0.834. The molecule has 3 rings (SSSR count). The van der Waals surface area contributed by atoms with E-state index in [4.69, 9.17) is 5.26 Å². The van der Waals surface area contributed by atoms with E-state index < -0.39 is 21.8 Å². The summed E-state index contributed by atoms with van der Waals surface area (Å²) in [7, 11) is -3.81. The number of nitrogens with zero attached hydrogens (tertiary/aromatic N) is 2. The monoisotopic (exact) mass is 410 g/mol. The maximum atomic E-state index is 12.7. The molecule has 0 amide bonds. The van der Waals surface area contributed by atoms with E-state index >= 15 is 0 Å². The zero-order valence-corrected chi connectivity index (χ0v) is 15.7. The number of hydrogen-bond acceptors (Lipinski definition) is 3. The first-order valence-electron chi connectivity index (χ1n) is 8.70. The molecule has 148 valence electrons. The maximum absolute atomic E-state index is 12.7. The van der Waals surface area contributed by atoms with E-state index in [1.54, 1.807) is 12.1 Å². The fraction of sp³-hybridized carbons (Fsp3) is 0.316. The summed E-state index contributed by atoms with van der Waals surface area (Å²) in [6, 6.07) is 12.9. The summed E-state index contributed by atoms with van der Waals surface area (Å²) >= 11 is 0. The molecule has 0 saturated carbocycles. The predicted molar refractivity (Wildman–Crippen MR) is 95.8 cm³/mol. The Morgan fingerprint density at radius 2 is 1.57 bits per heavy atom. The van der Waals surface area contributed by atoms with Crippen LogP contribution in [0.3, 0.4) is 0 Å². The second-order valence-corrected chi connectivity index (χ2v) is 8.60. The van der Waals surface area contributed by atoms with E-state index in [0.29, 0.717) is 31.7 Å². The number of sulfonamides is 1. The van der Waals surface area contributed by atoms with Crippen molar-refractivity contribution in [2.75, 3.05) is 26.2 Å². The summed E-state index contributed by atoms with van der Waals surface area (Å²) in [6.07, 6.45) is -4.50. The lowest BCUT2D eigenvalue weighted by Gasteiger charge is -2.31. The molecule has 1 aliphatic heterocycles. The van der Waals surface area contributed by atoms with Crippen molar-refractivity contribution in [1.29, 1.82) is 5.26 Å². The van der Waals surface area contributed by atoms with Crippen molar-refractivity contribution in [2.24, 2.45) is 0 Å². The normalized spacial score (nSPS) is 16.6. The van der Waals surface area contributed by atoms with E-state index in [1.165, 1.54) is 9.21 Å². The zero-order chi connectivity index (χ0) is 20.4. The van der Waals surface area contributed by atoms with Gasteiger partial charge in [0.2, 0.25) is 10.0 Å². The highest BCUT2D eigenvalue weighted by atomic mass is 32.2. The van der Waals surface area contributed by atoms with Crippen LogP contribution >= 0.6 is 0 Å². The molecular weight excluding hydrogens is 391 g/mol. The van der Waals surface area contributed by atoms with E-state index in [2.05, 4.69) is 6.07 Å². The van der Waals surface area contributed by atoms with Gasteiger partial charge in [-0.3, -0.25) is 0 Å². The van der Waals surface area contributed by atoms with Crippen LogP contribution in [-0.2, 0) is 22.7 Å². The molecule has 28 heavy (non-hydrogen) atoms. The number of alkyl halides is 3. The molecule has 1 fully saturated rings. The molecule has 0 atom stereocenters. The first-order valence-corrected chi connectivity index (χ1v) is 10.1. The fourth-order valence-electron chi connectivity index (χ4n) is 3.17. The van der Waals surface area contributed by atoms with Gasteiger partial charge in [0.15, 0.2) is 0 Å². The molecule has 0 aromatic heterocycles. The van der Waals surface area contributed by atoms with Crippen molar-refractivity contribution in [3.63, 3.8) is 0 Å². The number of nitrogens with one attached hydrogen (secondary N) is 1. The van der Waals surface area contributed by atoms with Gasteiger partial charge in [-0.1, -0.05) is 12.1 Å². The number of quaternary nitrogens is 1. The van der Waals surface area contributed by atoms with Crippen LogP contribution in [0.15, 0.2) is 53.4 Å². The van der Waals surface area contributed by atoms with Crippen LogP contribution in [0.1, 0.15) is 16.7 Å². The average molecular weight is 410 g/mol. The van der Waals surface area contributed by atoms with Crippen LogP contribution in [0.25, 0.3) is 0 Å². The molecule has 0 bridgehead atoms. The first kappa shape index (κ1) is 20.3. The highest BCUT2D eigenvalue weighted by molar-refractivity contribution is 7.89. The summed E-state index contributed by atoms with van der Waals surface area (Å²) in [6.45, 7) is 2.52. The topological polar surface area (TPSA) is 65.6 Å². The fourth-order valence-corrected chi connectivity index (χ4v) is 4.61. The summed E-state index contributed by atoms with van der Waals surface area (Å²) < 4.78 is 64.7.